The molecule has 86 valence electrons. The van der Waals surface area contributed by atoms with Crippen molar-refractivity contribution in [2.45, 2.75) is 32.6 Å². The van der Waals surface area contributed by atoms with Crippen LogP contribution in [0.1, 0.15) is 32.6 Å². The van der Waals surface area contributed by atoms with Crippen molar-refractivity contribution in [3.8, 4) is 5.75 Å². The van der Waals surface area contributed by atoms with Gasteiger partial charge >= 0.3 is 30.0 Å². The topological polar surface area (TPSA) is 9.23 Å². The Morgan fingerprint density at radius 1 is 1.38 bits per heavy atom. The van der Waals surface area contributed by atoms with Crippen molar-refractivity contribution < 1.29 is 21.1 Å². The summed E-state index contributed by atoms with van der Waals surface area (Å²) in [4.78, 5) is 0. The zero-order chi connectivity index (χ0) is 12.2. The predicted octanol–water partition coefficient (Wildman–Crippen LogP) is 4.94. The van der Waals surface area contributed by atoms with Crippen molar-refractivity contribution in [2.24, 2.45) is 0 Å². The maximum absolute atomic E-state index is 5.91. The molecule has 1 aromatic rings. The van der Waals surface area contributed by atoms with Gasteiger partial charge in [-0.25, -0.2) is 0 Å². The van der Waals surface area contributed by atoms with E-state index in [-0.39, 0.29) is 0 Å². The molecule has 0 radical (unpaired) electrons. The molecule has 0 saturated heterocycles. The number of hydrogen-bond acceptors (Lipinski definition) is 1. The van der Waals surface area contributed by atoms with Crippen LogP contribution in [-0.4, -0.2) is 6.61 Å². The van der Waals surface area contributed by atoms with Crippen LogP contribution >= 0.6 is 25.2 Å². The van der Waals surface area contributed by atoms with Gasteiger partial charge < -0.3 is 4.74 Å². The second-order valence-corrected chi connectivity index (χ2v) is 3.67. The molecule has 0 aliphatic rings. The molecule has 1 nitrogen and oxygen atoms in total. The van der Waals surface area contributed by atoms with Crippen molar-refractivity contribution in [1.82, 2.24) is 0 Å². The minimum atomic E-state index is 0.642. The molecule has 0 heterocycles. The summed E-state index contributed by atoms with van der Waals surface area (Å²) >= 11 is 10.2. The number of halogens is 2. The molecule has 0 aromatic heterocycles. The van der Waals surface area contributed by atoms with Crippen LogP contribution in [0.4, 0.5) is 0 Å². The summed E-state index contributed by atoms with van der Waals surface area (Å²) in [5.74, 6) is 0.766. The first-order chi connectivity index (χ1) is 7.84. The van der Waals surface area contributed by atoms with Gasteiger partial charge in [-0.15, -0.1) is 6.07 Å². The molecule has 1 rings (SSSR count). The van der Waals surface area contributed by atoms with Crippen molar-refractivity contribution >= 4 is 25.2 Å². The number of unbranched alkanes of at least 4 members (excludes halogenated alkanes) is 3. The van der Waals surface area contributed by atoms with E-state index in [9.17, 15) is 0 Å². The summed E-state index contributed by atoms with van der Waals surface area (Å²) in [7, 11) is 0. The van der Waals surface area contributed by atoms with Gasteiger partial charge in [0.2, 0.25) is 0 Å². The normalized spacial score (nSPS) is 9.31. The number of benzene rings is 1. The summed E-state index contributed by atoms with van der Waals surface area (Å²) in [6.45, 7) is 2.95. The van der Waals surface area contributed by atoms with Gasteiger partial charge in [0.25, 0.3) is 0 Å². The Labute approximate surface area is 120 Å². The number of ether oxygens (including phenoxy) is 1. The molecule has 0 spiro atoms. The standard InChI is InChI=1S/C12H16ClO.BrH.Zn/c1-2-3-4-7-10-14-12-9-6-5-8-11(12)13;;/h6,8-9H,2-4,7,10H2,1H3;1H;/q-1;;+2/p-1. The van der Waals surface area contributed by atoms with Gasteiger partial charge in [-0.3, -0.25) is 0 Å². The van der Waals surface area contributed by atoms with Gasteiger partial charge in [0.15, 0.2) is 0 Å². The van der Waals surface area contributed by atoms with E-state index in [0.717, 1.165) is 18.8 Å². The second kappa shape index (κ2) is 11.9. The monoisotopic (exact) mass is 354 g/mol. The Morgan fingerprint density at radius 2 is 2.12 bits per heavy atom. The average Bonchev–Trinajstić information content (AvgIpc) is 2.34. The molecule has 0 unspecified atom stereocenters. The Balaban J connectivity index is 0.00000106. The van der Waals surface area contributed by atoms with E-state index in [2.05, 4.69) is 26.6 Å². The molecule has 16 heavy (non-hydrogen) atoms. The van der Waals surface area contributed by atoms with Crippen LogP contribution < -0.4 is 4.74 Å². The van der Waals surface area contributed by atoms with E-state index in [4.69, 9.17) is 16.3 Å². The SMILES string of the molecule is CCCCCCOc1cc[c-]cc1Cl.[Zn+][Br]. The second-order valence-electron chi connectivity index (χ2n) is 3.27. The summed E-state index contributed by atoms with van der Waals surface area (Å²) in [5, 5.41) is 0.642. The number of hydrogen-bond donors (Lipinski definition) is 0. The fourth-order valence-electron chi connectivity index (χ4n) is 1.22. The van der Waals surface area contributed by atoms with Crippen molar-refractivity contribution in [2.75, 3.05) is 6.61 Å². The zero-order valence-corrected chi connectivity index (χ0v) is 14.9. The molecular formula is C12H16BrClOZn. The van der Waals surface area contributed by atoms with Gasteiger partial charge in [0.1, 0.15) is 0 Å². The molecular weight excluding hydrogens is 341 g/mol. The molecule has 0 aliphatic carbocycles. The number of rotatable bonds is 6. The van der Waals surface area contributed by atoms with E-state index in [1.807, 2.05) is 12.1 Å². The van der Waals surface area contributed by atoms with E-state index >= 15 is 0 Å². The van der Waals surface area contributed by atoms with Gasteiger partial charge in [-0.2, -0.15) is 29.8 Å². The molecule has 0 N–H and O–H groups in total. The predicted molar refractivity (Wildman–Crippen MR) is 68.9 cm³/mol. The van der Waals surface area contributed by atoms with Crippen LogP contribution in [0.25, 0.3) is 0 Å². The van der Waals surface area contributed by atoms with Gasteiger partial charge in [-0.1, -0.05) is 26.2 Å². The van der Waals surface area contributed by atoms with Gasteiger partial charge in [-0.05, 0) is 11.4 Å². The van der Waals surface area contributed by atoms with Crippen LogP contribution in [0.5, 0.6) is 5.75 Å². The third kappa shape index (κ3) is 7.65. The maximum atomic E-state index is 5.91. The molecule has 0 bridgehead atoms. The van der Waals surface area contributed by atoms with E-state index in [1.54, 1.807) is 6.07 Å². The van der Waals surface area contributed by atoms with Gasteiger partial charge in [0.05, 0.1) is 6.61 Å². The molecule has 0 aliphatic heterocycles. The van der Waals surface area contributed by atoms with Crippen molar-refractivity contribution in [1.29, 1.82) is 0 Å². The van der Waals surface area contributed by atoms with Crippen molar-refractivity contribution in [3.05, 3.63) is 29.3 Å². The molecule has 0 saturated carbocycles. The first-order valence-corrected chi connectivity index (χ1v) is 12.7. The van der Waals surface area contributed by atoms with Crippen LogP contribution in [0.15, 0.2) is 18.2 Å². The summed E-state index contributed by atoms with van der Waals surface area (Å²) in [6.07, 6.45) is 4.86. The van der Waals surface area contributed by atoms with E-state index in [0.29, 0.717) is 5.02 Å². The third-order valence-corrected chi connectivity index (χ3v) is 2.33. The molecule has 0 atom stereocenters. The van der Waals surface area contributed by atoms with Crippen molar-refractivity contribution in [3.63, 3.8) is 0 Å². The Hall–Kier alpha value is 0.413. The Kier molecular flexibility index (Phi) is 12.2. The third-order valence-electron chi connectivity index (χ3n) is 2.03. The van der Waals surface area contributed by atoms with Crippen LogP contribution in [0.2, 0.25) is 5.02 Å². The first-order valence-electron chi connectivity index (χ1n) is 5.39. The molecule has 4 heteroatoms. The molecule has 0 fully saturated rings. The van der Waals surface area contributed by atoms with E-state index in [1.165, 1.54) is 35.6 Å². The quantitative estimate of drug-likeness (QED) is 0.398. The Morgan fingerprint density at radius 3 is 2.75 bits per heavy atom. The van der Waals surface area contributed by atoms with Crippen LogP contribution in [0.3, 0.4) is 0 Å². The Bertz CT molecular complexity index is 271. The molecule has 1 aromatic carbocycles. The fourth-order valence-corrected chi connectivity index (χ4v) is 1.40. The zero-order valence-electron chi connectivity index (χ0n) is 9.64. The van der Waals surface area contributed by atoms with Crippen LogP contribution in [-0.2, 0) is 16.3 Å². The van der Waals surface area contributed by atoms with E-state index < -0.39 is 0 Å². The fraction of sp³-hybridized carbons (Fsp3) is 0.500. The first kappa shape index (κ1) is 16.4. The van der Waals surface area contributed by atoms with Crippen LogP contribution in [0, 0.1) is 6.07 Å². The van der Waals surface area contributed by atoms with Gasteiger partial charge in [0, 0.05) is 5.75 Å². The molecule has 0 amide bonds. The minimum absolute atomic E-state index is 0.642. The summed E-state index contributed by atoms with van der Waals surface area (Å²) in [5.41, 5.74) is 0. The summed E-state index contributed by atoms with van der Waals surface area (Å²) < 4.78 is 5.53. The average molecular weight is 357 g/mol. The summed E-state index contributed by atoms with van der Waals surface area (Å²) in [6, 6.07) is 8.29.